The van der Waals surface area contributed by atoms with Gasteiger partial charge in [-0.05, 0) is 6.42 Å². The molecule has 76 valence electrons. The smallest absolute Gasteiger partial charge is 0.163 e. The zero-order valence-electron chi connectivity index (χ0n) is 8.27. The van der Waals surface area contributed by atoms with Crippen LogP contribution in [-0.4, -0.2) is 30.2 Å². The lowest BCUT2D eigenvalue weighted by Crippen LogP contribution is -2.45. The van der Waals surface area contributed by atoms with Crippen molar-refractivity contribution in [3.05, 3.63) is 0 Å². The van der Waals surface area contributed by atoms with Crippen molar-refractivity contribution in [2.45, 2.75) is 45.2 Å². The van der Waals surface area contributed by atoms with Gasteiger partial charge in [0.2, 0.25) is 0 Å². The Morgan fingerprint density at radius 2 is 2.23 bits per heavy atom. The van der Waals surface area contributed by atoms with E-state index in [-0.39, 0.29) is 30.3 Å². The van der Waals surface area contributed by atoms with Crippen LogP contribution in [0.3, 0.4) is 0 Å². The molecule has 0 aliphatic carbocycles. The quantitative estimate of drug-likeness (QED) is 0.703. The monoisotopic (exact) mass is 186 g/mol. The number of hydrogen-bond donors (Lipinski definition) is 1. The standard InChI is InChI=1S/C10H18O3/c1-3-4-7-9(11)6(2)8-5-12-10(7)13-8/h6-11H,3-5H2,1-2H3/t6-,7-,8-,9-,10-/m1/s1. The van der Waals surface area contributed by atoms with Gasteiger partial charge in [-0.3, -0.25) is 0 Å². The van der Waals surface area contributed by atoms with E-state index in [0.717, 1.165) is 12.8 Å². The molecule has 2 fully saturated rings. The van der Waals surface area contributed by atoms with E-state index in [1.165, 1.54) is 0 Å². The van der Waals surface area contributed by atoms with Crippen LogP contribution in [0.15, 0.2) is 0 Å². The minimum absolute atomic E-state index is 0.119. The maximum Gasteiger partial charge on any atom is 0.163 e. The lowest BCUT2D eigenvalue weighted by atomic mass is 9.84. The van der Waals surface area contributed by atoms with Crippen LogP contribution in [0.5, 0.6) is 0 Å². The van der Waals surface area contributed by atoms with E-state index in [4.69, 9.17) is 9.47 Å². The molecular formula is C10H18O3. The molecule has 2 aliphatic heterocycles. The topological polar surface area (TPSA) is 38.7 Å². The van der Waals surface area contributed by atoms with E-state index in [1.54, 1.807) is 0 Å². The lowest BCUT2D eigenvalue weighted by Gasteiger charge is -2.36. The average molecular weight is 186 g/mol. The molecule has 0 aromatic heterocycles. The van der Waals surface area contributed by atoms with Crippen molar-refractivity contribution >= 4 is 0 Å². The lowest BCUT2D eigenvalue weighted by molar-refractivity contribution is -0.182. The van der Waals surface area contributed by atoms with Crippen molar-refractivity contribution in [2.24, 2.45) is 11.8 Å². The van der Waals surface area contributed by atoms with Gasteiger partial charge in [0, 0.05) is 11.8 Å². The molecular weight excluding hydrogens is 168 g/mol. The van der Waals surface area contributed by atoms with Gasteiger partial charge in [0.15, 0.2) is 6.29 Å². The van der Waals surface area contributed by atoms with Gasteiger partial charge in [0.25, 0.3) is 0 Å². The SMILES string of the molecule is CCC[C@H]1[C@@H]2OC[C@@H](O2)[C@@H](C)[C@H]1O. The fourth-order valence-corrected chi connectivity index (χ4v) is 2.35. The summed E-state index contributed by atoms with van der Waals surface area (Å²) in [4.78, 5) is 0. The molecule has 3 nitrogen and oxygen atoms in total. The molecule has 2 heterocycles. The highest BCUT2D eigenvalue weighted by atomic mass is 16.7. The van der Waals surface area contributed by atoms with Crippen molar-refractivity contribution in [3.63, 3.8) is 0 Å². The third kappa shape index (κ3) is 1.49. The summed E-state index contributed by atoms with van der Waals surface area (Å²) in [5, 5.41) is 9.99. The highest BCUT2D eigenvalue weighted by Crippen LogP contribution is 2.37. The molecule has 0 saturated carbocycles. The molecule has 0 spiro atoms. The second-order valence-electron chi connectivity index (χ2n) is 4.18. The number of fused-ring (bicyclic) bond motifs is 2. The van der Waals surface area contributed by atoms with Crippen LogP contribution in [0, 0.1) is 11.8 Å². The summed E-state index contributed by atoms with van der Waals surface area (Å²) < 4.78 is 11.2. The third-order valence-electron chi connectivity index (χ3n) is 3.27. The summed E-state index contributed by atoms with van der Waals surface area (Å²) in [6.07, 6.45) is 1.79. The number of aliphatic hydroxyl groups excluding tert-OH is 1. The second-order valence-corrected chi connectivity index (χ2v) is 4.18. The summed E-state index contributed by atoms with van der Waals surface area (Å²) in [5.41, 5.74) is 0. The fraction of sp³-hybridized carbons (Fsp3) is 1.00. The van der Waals surface area contributed by atoms with Gasteiger partial charge in [0.1, 0.15) is 0 Å². The minimum Gasteiger partial charge on any atom is -0.392 e. The zero-order valence-corrected chi connectivity index (χ0v) is 8.27. The van der Waals surface area contributed by atoms with Gasteiger partial charge in [-0.25, -0.2) is 0 Å². The molecule has 0 aromatic rings. The van der Waals surface area contributed by atoms with Crippen molar-refractivity contribution in [1.29, 1.82) is 0 Å². The predicted octanol–water partition coefficient (Wildman–Crippen LogP) is 1.15. The maximum absolute atomic E-state index is 9.99. The molecule has 13 heavy (non-hydrogen) atoms. The molecule has 5 atom stereocenters. The first kappa shape index (κ1) is 9.44. The third-order valence-corrected chi connectivity index (χ3v) is 3.27. The van der Waals surface area contributed by atoms with Crippen molar-refractivity contribution in [1.82, 2.24) is 0 Å². The van der Waals surface area contributed by atoms with Crippen molar-refractivity contribution < 1.29 is 14.6 Å². The maximum atomic E-state index is 9.99. The van der Waals surface area contributed by atoms with Gasteiger partial charge < -0.3 is 14.6 Å². The van der Waals surface area contributed by atoms with E-state index >= 15 is 0 Å². The first-order valence-electron chi connectivity index (χ1n) is 5.19. The molecule has 2 rings (SSSR count). The van der Waals surface area contributed by atoms with E-state index in [2.05, 4.69) is 6.92 Å². The Morgan fingerprint density at radius 3 is 2.92 bits per heavy atom. The van der Waals surface area contributed by atoms with Crippen LogP contribution >= 0.6 is 0 Å². The van der Waals surface area contributed by atoms with Crippen LogP contribution < -0.4 is 0 Å². The normalized spacial score (nSPS) is 49.6. The molecule has 2 saturated heterocycles. The number of ether oxygens (including phenoxy) is 2. The molecule has 2 aliphatic rings. The van der Waals surface area contributed by atoms with Gasteiger partial charge in [-0.15, -0.1) is 0 Å². The van der Waals surface area contributed by atoms with Crippen LogP contribution in [0.4, 0.5) is 0 Å². The summed E-state index contributed by atoms with van der Waals surface area (Å²) in [6, 6.07) is 0. The summed E-state index contributed by atoms with van der Waals surface area (Å²) in [7, 11) is 0. The molecule has 0 unspecified atom stereocenters. The van der Waals surface area contributed by atoms with Crippen molar-refractivity contribution in [2.75, 3.05) is 6.61 Å². The second kappa shape index (κ2) is 3.56. The Balaban J connectivity index is 2.08. The summed E-state index contributed by atoms with van der Waals surface area (Å²) >= 11 is 0. The van der Waals surface area contributed by atoms with Crippen LogP contribution in [-0.2, 0) is 9.47 Å². The van der Waals surface area contributed by atoms with Crippen LogP contribution in [0.1, 0.15) is 26.7 Å². The summed E-state index contributed by atoms with van der Waals surface area (Å²) in [5.74, 6) is 0.397. The Morgan fingerprint density at radius 1 is 1.46 bits per heavy atom. The molecule has 1 N–H and O–H groups in total. The highest BCUT2D eigenvalue weighted by molar-refractivity contribution is 4.90. The Hall–Kier alpha value is -0.120. The Bertz CT molecular complexity index is 183. The average Bonchev–Trinajstić information content (AvgIpc) is 2.56. The molecule has 0 amide bonds. The number of rotatable bonds is 2. The van der Waals surface area contributed by atoms with Crippen LogP contribution in [0.2, 0.25) is 0 Å². The predicted molar refractivity (Wildman–Crippen MR) is 48.2 cm³/mol. The fourth-order valence-electron chi connectivity index (χ4n) is 2.35. The van der Waals surface area contributed by atoms with Crippen molar-refractivity contribution in [3.8, 4) is 0 Å². The zero-order chi connectivity index (χ0) is 9.42. The minimum atomic E-state index is -0.244. The highest BCUT2D eigenvalue weighted by Gasteiger charge is 2.47. The van der Waals surface area contributed by atoms with Crippen LogP contribution in [0.25, 0.3) is 0 Å². The molecule has 3 heteroatoms. The first-order chi connectivity index (χ1) is 6.24. The van der Waals surface area contributed by atoms with Gasteiger partial charge in [-0.2, -0.15) is 0 Å². The molecule has 2 bridgehead atoms. The van der Waals surface area contributed by atoms with Gasteiger partial charge >= 0.3 is 0 Å². The van der Waals surface area contributed by atoms with E-state index in [0.29, 0.717) is 6.61 Å². The Kier molecular flexibility index (Phi) is 2.58. The van der Waals surface area contributed by atoms with Gasteiger partial charge in [0.05, 0.1) is 18.8 Å². The van der Waals surface area contributed by atoms with E-state index in [9.17, 15) is 5.11 Å². The number of hydrogen-bond acceptors (Lipinski definition) is 3. The van der Waals surface area contributed by atoms with E-state index in [1.807, 2.05) is 6.92 Å². The Labute approximate surface area is 79.0 Å². The van der Waals surface area contributed by atoms with Gasteiger partial charge in [-0.1, -0.05) is 20.3 Å². The summed E-state index contributed by atoms with van der Waals surface area (Å²) in [6.45, 7) is 4.82. The molecule has 0 aromatic carbocycles. The molecule has 0 radical (unpaired) electrons. The largest absolute Gasteiger partial charge is 0.392 e. The number of aliphatic hydroxyl groups is 1. The first-order valence-corrected chi connectivity index (χ1v) is 5.19. The van der Waals surface area contributed by atoms with E-state index < -0.39 is 0 Å².